The van der Waals surface area contributed by atoms with Crippen LogP contribution in [0.25, 0.3) is 0 Å². The molecule has 0 saturated heterocycles. The Morgan fingerprint density at radius 1 is 1.33 bits per heavy atom. The first kappa shape index (κ1) is 9.23. The molecule has 0 nitrogen and oxygen atoms in total. The Morgan fingerprint density at radius 3 is 2.50 bits per heavy atom. The Morgan fingerprint density at radius 2 is 2.00 bits per heavy atom. The molecule has 0 N–H and O–H groups in total. The van der Waals surface area contributed by atoms with Crippen molar-refractivity contribution in [3.05, 3.63) is 34.9 Å². The molecule has 0 aromatic heterocycles. The first-order chi connectivity index (χ1) is 5.65. The van der Waals surface area contributed by atoms with Gasteiger partial charge in [0.25, 0.3) is 0 Å². The van der Waals surface area contributed by atoms with Crippen LogP contribution in [0.3, 0.4) is 0 Å². The zero-order valence-electron chi connectivity index (χ0n) is 7.20. The largest absolute Gasteiger partial charge is 0.204 e. The lowest BCUT2D eigenvalue weighted by Crippen LogP contribution is -1.96. The van der Waals surface area contributed by atoms with Gasteiger partial charge in [-0.1, -0.05) is 24.8 Å². The van der Waals surface area contributed by atoms with Gasteiger partial charge in [-0.25, -0.2) is 8.78 Å². The predicted octanol–water partition coefficient (Wildman–Crippen LogP) is 2.53. The molecule has 0 amide bonds. The average Bonchev–Trinajstić information content (AvgIpc) is 2.01. The zero-order chi connectivity index (χ0) is 9.14. The zero-order valence-corrected chi connectivity index (χ0v) is 7.20. The Hall–Kier alpha value is -0.855. The third kappa shape index (κ3) is 1.84. The molecule has 0 aliphatic carbocycles. The second-order valence-electron chi connectivity index (χ2n) is 2.82. The Kier molecular flexibility index (Phi) is 2.85. The summed E-state index contributed by atoms with van der Waals surface area (Å²) < 4.78 is 25.5. The van der Waals surface area contributed by atoms with E-state index in [0.29, 0.717) is 11.9 Å². The molecule has 1 aromatic rings. The Balaban J connectivity index is 3.04. The number of aryl methyl sites for hydroxylation is 1. The number of hydrogen-bond donors (Lipinski definition) is 0. The van der Waals surface area contributed by atoms with Gasteiger partial charge in [0.05, 0.1) is 0 Å². The van der Waals surface area contributed by atoms with Crippen LogP contribution in [0.1, 0.15) is 11.1 Å². The molecule has 1 radical (unpaired) electrons. The van der Waals surface area contributed by atoms with E-state index in [9.17, 15) is 8.78 Å². The van der Waals surface area contributed by atoms with Crippen LogP contribution in [-0.4, -0.2) is 7.28 Å². The van der Waals surface area contributed by atoms with Crippen molar-refractivity contribution in [1.82, 2.24) is 0 Å². The maximum atomic E-state index is 12.8. The summed E-state index contributed by atoms with van der Waals surface area (Å²) in [6.07, 6.45) is 0.679. The van der Waals surface area contributed by atoms with Crippen molar-refractivity contribution in [1.29, 1.82) is 0 Å². The van der Waals surface area contributed by atoms with Gasteiger partial charge in [0.15, 0.2) is 11.6 Å². The summed E-state index contributed by atoms with van der Waals surface area (Å²) in [5.74, 6) is -1.50. The van der Waals surface area contributed by atoms with Gasteiger partial charge in [-0.2, -0.15) is 0 Å². The molecular formula is C9H10BF2. The quantitative estimate of drug-likeness (QED) is 0.593. The van der Waals surface area contributed by atoms with E-state index >= 15 is 0 Å². The summed E-state index contributed by atoms with van der Waals surface area (Å²) in [6.45, 7) is 3.45. The van der Waals surface area contributed by atoms with Crippen molar-refractivity contribution in [2.75, 3.05) is 0 Å². The van der Waals surface area contributed by atoms with Crippen molar-refractivity contribution in [3.8, 4) is 0 Å². The summed E-state index contributed by atoms with van der Waals surface area (Å²) in [4.78, 5) is 0. The highest BCUT2D eigenvalue weighted by molar-refractivity contribution is 6.32. The number of hydrogen-bond acceptors (Lipinski definition) is 0. The minimum atomic E-state index is -0.758. The fraction of sp³-hybridized carbons (Fsp3) is 0.333. The molecule has 1 aromatic carbocycles. The molecular weight excluding hydrogens is 157 g/mol. The normalized spacial score (nSPS) is 10.0. The summed E-state index contributed by atoms with van der Waals surface area (Å²) in [5, 5.41) is 0. The van der Waals surface area contributed by atoms with E-state index in [1.165, 1.54) is 6.07 Å². The molecule has 0 saturated carbocycles. The Labute approximate surface area is 71.8 Å². The van der Waals surface area contributed by atoms with Crippen molar-refractivity contribution < 1.29 is 8.78 Å². The van der Waals surface area contributed by atoms with Crippen molar-refractivity contribution >= 4 is 7.28 Å². The van der Waals surface area contributed by atoms with Gasteiger partial charge in [0.2, 0.25) is 0 Å². The monoisotopic (exact) mass is 167 g/mol. The summed E-state index contributed by atoms with van der Waals surface area (Å²) in [7, 11) is 1.91. The minimum absolute atomic E-state index is 0.367. The van der Waals surface area contributed by atoms with Crippen LogP contribution >= 0.6 is 0 Å². The van der Waals surface area contributed by atoms with E-state index in [1.807, 2.05) is 14.1 Å². The predicted molar refractivity (Wildman–Crippen MR) is 46.4 cm³/mol. The lowest BCUT2D eigenvalue weighted by molar-refractivity contribution is 0.502. The van der Waals surface area contributed by atoms with Crippen LogP contribution in [0.5, 0.6) is 0 Å². The molecule has 0 bridgehead atoms. The highest BCUT2D eigenvalue weighted by atomic mass is 19.2. The lowest BCUT2D eigenvalue weighted by atomic mass is 9.75. The van der Waals surface area contributed by atoms with Crippen LogP contribution in [0, 0.1) is 18.6 Å². The second-order valence-corrected chi connectivity index (χ2v) is 2.82. The van der Waals surface area contributed by atoms with Gasteiger partial charge < -0.3 is 0 Å². The molecule has 12 heavy (non-hydrogen) atoms. The highest BCUT2D eigenvalue weighted by Gasteiger charge is 2.06. The van der Waals surface area contributed by atoms with Crippen LogP contribution in [0.15, 0.2) is 12.1 Å². The van der Waals surface area contributed by atoms with Crippen molar-refractivity contribution in [3.63, 3.8) is 0 Å². The highest BCUT2D eigenvalue weighted by Crippen LogP contribution is 2.13. The molecule has 0 spiro atoms. The van der Waals surface area contributed by atoms with Crippen LogP contribution < -0.4 is 0 Å². The van der Waals surface area contributed by atoms with Gasteiger partial charge in [-0.05, 0) is 18.6 Å². The third-order valence-electron chi connectivity index (χ3n) is 1.71. The number of benzene rings is 1. The molecule has 0 atom stereocenters. The minimum Gasteiger partial charge on any atom is -0.204 e. The SMILES string of the molecule is C[B]Cc1cc(C)c(F)c(F)c1. The van der Waals surface area contributed by atoms with E-state index in [2.05, 4.69) is 0 Å². The van der Waals surface area contributed by atoms with Crippen LogP contribution in [-0.2, 0) is 6.32 Å². The number of halogens is 2. The molecule has 0 aliphatic heterocycles. The van der Waals surface area contributed by atoms with E-state index in [0.717, 1.165) is 5.56 Å². The first-order valence-electron chi connectivity index (χ1n) is 3.87. The van der Waals surface area contributed by atoms with Gasteiger partial charge in [-0.3, -0.25) is 0 Å². The molecule has 0 fully saturated rings. The van der Waals surface area contributed by atoms with E-state index in [-0.39, 0.29) is 0 Å². The summed E-state index contributed by atoms with van der Waals surface area (Å²) in [5.41, 5.74) is 1.18. The Bertz CT molecular complexity index is 261. The standard InChI is InChI=1S/C9H10BF2/c1-6-3-7(5-10-2)4-8(11)9(6)12/h3-4H,5H2,1-2H3. The fourth-order valence-electron chi connectivity index (χ4n) is 1.15. The van der Waals surface area contributed by atoms with Gasteiger partial charge in [0, 0.05) is 0 Å². The molecule has 0 unspecified atom stereocenters. The van der Waals surface area contributed by atoms with Crippen molar-refractivity contribution in [2.24, 2.45) is 0 Å². The summed E-state index contributed by atoms with van der Waals surface area (Å²) >= 11 is 0. The molecule has 0 aliphatic rings. The first-order valence-corrected chi connectivity index (χ1v) is 3.87. The maximum Gasteiger partial charge on any atom is 0.161 e. The molecule has 1 rings (SSSR count). The van der Waals surface area contributed by atoms with Gasteiger partial charge >= 0.3 is 0 Å². The lowest BCUT2D eigenvalue weighted by Gasteiger charge is -2.02. The average molecular weight is 167 g/mol. The van der Waals surface area contributed by atoms with Crippen LogP contribution in [0.2, 0.25) is 6.82 Å². The van der Waals surface area contributed by atoms with E-state index in [1.54, 1.807) is 13.0 Å². The van der Waals surface area contributed by atoms with Crippen molar-refractivity contribution in [2.45, 2.75) is 20.1 Å². The van der Waals surface area contributed by atoms with Gasteiger partial charge in [0.1, 0.15) is 7.28 Å². The van der Waals surface area contributed by atoms with Crippen LogP contribution in [0.4, 0.5) is 8.78 Å². The smallest absolute Gasteiger partial charge is 0.161 e. The third-order valence-corrected chi connectivity index (χ3v) is 1.71. The second kappa shape index (κ2) is 3.70. The number of rotatable bonds is 2. The topological polar surface area (TPSA) is 0 Å². The maximum absolute atomic E-state index is 12.8. The van der Waals surface area contributed by atoms with E-state index in [4.69, 9.17) is 0 Å². The van der Waals surface area contributed by atoms with Gasteiger partial charge in [-0.15, -0.1) is 0 Å². The fourth-order valence-corrected chi connectivity index (χ4v) is 1.15. The molecule has 3 heteroatoms. The molecule has 0 heterocycles. The van der Waals surface area contributed by atoms with E-state index < -0.39 is 11.6 Å². The summed E-state index contributed by atoms with van der Waals surface area (Å²) in [6, 6.07) is 2.90. The molecule has 63 valence electrons.